The van der Waals surface area contributed by atoms with Gasteiger partial charge < -0.3 is 5.32 Å². The normalized spacial score (nSPS) is 12.4. The largest absolute Gasteiger partial charge is 0.309 e. The third-order valence-corrected chi connectivity index (χ3v) is 3.63. The fourth-order valence-electron chi connectivity index (χ4n) is 1.92. The van der Waals surface area contributed by atoms with Gasteiger partial charge >= 0.3 is 0 Å². The lowest BCUT2D eigenvalue weighted by molar-refractivity contribution is 0.623. The van der Waals surface area contributed by atoms with Crippen LogP contribution in [0.15, 0.2) is 51.4 Å². The maximum atomic E-state index is 12.9. The van der Waals surface area contributed by atoms with Gasteiger partial charge in [-0.05, 0) is 48.5 Å². The molecule has 4 heteroatoms. The third kappa shape index (κ3) is 3.19. The van der Waals surface area contributed by atoms with E-state index in [0.717, 1.165) is 20.1 Å². The van der Waals surface area contributed by atoms with E-state index in [1.54, 1.807) is 12.1 Å². The standard InChI is InChI=1S/C14H12Br2FN/c1-18-14(9-2-4-13(17)5-3-9)10-6-11(15)8-12(16)7-10/h2-8,14,18H,1H3. The number of nitrogens with one attached hydrogen (secondary N) is 1. The molecule has 0 aliphatic rings. The van der Waals surface area contributed by atoms with Crippen molar-refractivity contribution in [3.63, 3.8) is 0 Å². The van der Waals surface area contributed by atoms with Crippen LogP contribution in [0.1, 0.15) is 17.2 Å². The van der Waals surface area contributed by atoms with Crippen molar-refractivity contribution < 1.29 is 4.39 Å². The van der Waals surface area contributed by atoms with Gasteiger partial charge in [0.15, 0.2) is 0 Å². The van der Waals surface area contributed by atoms with Crippen molar-refractivity contribution in [1.29, 1.82) is 0 Å². The highest BCUT2D eigenvalue weighted by molar-refractivity contribution is 9.11. The zero-order valence-corrected chi connectivity index (χ0v) is 12.9. The van der Waals surface area contributed by atoms with Gasteiger partial charge in [-0.15, -0.1) is 0 Å². The van der Waals surface area contributed by atoms with E-state index in [9.17, 15) is 4.39 Å². The predicted octanol–water partition coefficient (Wildman–Crippen LogP) is 4.66. The molecule has 1 N–H and O–H groups in total. The van der Waals surface area contributed by atoms with Crippen LogP contribution in [0.4, 0.5) is 4.39 Å². The van der Waals surface area contributed by atoms with Crippen LogP contribution >= 0.6 is 31.9 Å². The predicted molar refractivity (Wildman–Crippen MR) is 79.1 cm³/mol. The lowest BCUT2D eigenvalue weighted by atomic mass is 9.99. The molecular formula is C14H12Br2FN. The van der Waals surface area contributed by atoms with Crippen molar-refractivity contribution >= 4 is 31.9 Å². The van der Waals surface area contributed by atoms with Gasteiger partial charge in [0.05, 0.1) is 6.04 Å². The Morgan fingerprint density at radius 1 is 0.944 bits per heavy atom. The molecule has 2 aromatic carbocycles. The molecule has 94 valence electrons. The molecule has 0 heterocycles. The Labute approximate surface area is 123 Å². The first-order valence-electron chi connectivity index (χ1n) is 5.49. The molecule has 1 nitrogen and oxygen atoms in total. The Morgan fingerprint density at radius 3 is 2.00 bits per heavy atom. The second-order valence-corrected chi connectivity index (χ2v) is 5.81. The van der Waals surface area contributed by atoms with Crippen molar-refractivity contribution in [2.24, 2.45) is 0 Å². The summed E-state index contributed by atoms with van der Waals surface area (Å²) in [6.07, 6.45) is 0. The van der Waals surface area contributed by atoms with Gasteiger partial charge in [-0.25, -0.2) is 4.39 Å². The third-order valence-electron chi connectivity index (χ3n) is 2.71. The van der Waals surface area contributed by atoms with Crippen molar-refractivity contribution in [2.45, 2.75) is 6.04 Å². The van der Waals surface area contributed by atoms with Gasteiger partial charge in [-0.2, -0.15) is 0 Å². The van der Waals surface area contributed by atoms with Crippen molar-refractivity contribution in [2.75, 3.05) is 7.05 Å². The monoisotopic (exact) mass is 371 g/mol. The van der Waals surface area contributed by atoms with Crippen LogP contribution in [0, 0.1) is 5.82 Å². The van der Waals surface area contributed by atoms with Gasteiger partial charge in [0.1, 0.15) is 5.82 Å². The molecule has 0 saturated carbocycles. The molecule has 1 atom stereocenters. The van der Waals surface area contributed by atoms with E-state index in [1.807, 2.05) is 13.1 Å². The second kappa shape index (κ2) is 5.95. The molecule has 0 aliphatic heterocycles. The molecule has 18 heavy (non-hydrogen) atoms. The summed E-state index contributed by atoms with van der Waals surface area (Å²) < 4.78 is 15.0. The van der Waals surface area contributed by atoms with E-state index in [-0.39, 0.29) is 11.9 Å². The average molecular weight is 373 g/mol. The van der Waals surface area contributed by atoms with Crippen LogP contribution in [0.3, 0.4) is 0 Å². The summed E-state index contributed by atoms with van der Waals surface area (Å²) in [6.45, 7) is 0. The molecule has 0 spiro atoms. The molecular weight excluding hydrogens is 361 g/mol. The van der Waals surface area contributed by atoms with Gasteiger partial charge in [0.25, 0.3) is 0 Å². The molecule has 2 aromatic rings. The maximum absolute atomic E-state index is 12.9. The van der Waals surface area contributed by atoms with Crippen LogP contribution in [0.25, 0.3) is 0 Å². The smallest absolute Gasteiger partial charge is 0.123 e. The molecule has 1 unspecified atom stereocenters. The van der Waals surface area contributed by atoms with Crippen LogP contribution < -0.4 is 5.32 Å². The van der Waals surface area contributed by atoms with Crippen LogP contribution in [0.5, 0.6) is 0 Å². The lowest BCUT2D eigenvalue weighted by Gasteiger charge is -2.18. The zero-order chi connectivity index (χ0) is 13.1. The number of rotatable bonds is 3. The molecule has 0 radical (unpaired) electrons. The fraction of sp³-hybridized carbons (Fsp3) is 0.143. The minimum absolute atomic E-state index is 0.0411. The summed E-state index contributed by atoms with van der Waals surface area (Å²) in [7, 11) is 1.89. The molecule has 0 aliphatic carbocycles. The molecule has 0 saturated heterocycles. The molecule has 0 fully saturated rings. The van der Waals surface area contributed by atoms with E-state index in [2.05, 4.69) is 49.3 Å². The quantitative estimate of drug-likeness (QED) is 0.826. The summed E-state index contributed by atoms with van der Waals surface area (Å²) >= 11 is 6.95. The van der Waals surface area contributed by atoms with E-state index >= 15 is 0 Å². The first-order chi connectivity index (χ1) is 8.60. The van der Waals surface area contributed by atoms with Gasteiger partial charge in [0, 0.05) is 8.95 Å². The number of hydrogen-bond donors (Lipinski definition) is 1. The summed E-state index contributed by atoms with van der Waals surface area (Å²) in [5, 5.41) is 3.24. The van der Waals surface area contributed by atoms with Crippen LogP contribution in [-0.2, 0) is 0 Å². The average Bonchev–Trinajstić information content (AvgIpc) is 2.31. The topological polar surface area (TPSA) is 12.0 Å². The van der Waals surface area contributed by atoms with Crippen molar-refractivity contribution in [3.8, 4) is 0 Å². The maximum Gasteiger partial charge on any atom is 0.123 e. The number of halogens is 3. The summed E-state index contributed by atoms with van der Waals surface area (Å²) in [6, 6.07) is 12.7. The SMILES string of the molecule is CNC(c1ccc(F)cc1)c1cc(Br)cc(Br)c1. The van der Waals surface area contributed by atoms with Gasteiger partial charge in [0.2, 0.25) is 0 Å². The Balaban J connectivity index is 2.41. The zero-order valence-electron chi connectivity index (χ0n) is 9.75. The van der Waals surface area contributed by atoms with Crippen molar-refractivity contribution in [1.82, 2.24) is 5.32 Å². The highest BCUT2D eigenvalue weighted by Gasteiger charge is 2.13. The summed E-state index contributed by atoms with van der Waals surface area (Å²) in [5.41, 5.74) is 2.15. The van der Waals surface area contributed by atoms with E-state index in [0.29, 0.717) is 0 Å². The minimum atomic E-state index is -0.218. The molecule has 2 rings (SSSR count). The number of hydrogen-bond acceptors (Lipinski definition) is 1. The molecule has 0 bridgehead atoms. The Hall–Kier alpha value is -0.710. The second-order valence-electron chi connectivity index (χ2n) is 3.98. The fourth-order valence-corrected chi connectivity index (χ4v) is 3.25. The van der Waals surface area contributed by atoms with E-state index < -0.39 is 0 Å². The number of benzene rings is 2. The Morgan fingerprint density at radius 2 is 1.50 bits per heavy atom. The highest BCUT2D eigenvalue weighted by atomic mass is 79.9. The lowest BCUT2D eigenvalue weighted by Crippen LogP contribution is -2.17. The van der Waals surface area contributed by atoms with Crippen molar-refractivity contribution in [3.05, 3.63) is 68.4 Å². The molecule has 0 aromatic heterocycles. The first kappa shape index (κ1) is 13.7. The van der Waals surface area contributed by atoms with E-state index in [1.165, 1.54) is 12.1 Å². The van der Waals surface area contributed by atoms with Gasteiger partial charge in [-0.1, -0.05) is 44.0 Å². The van der Waals surface area contributed by atoms with Crippen LogP contribution in [0.2, 0.25) is 0 Å². The van der Waals surface area contributed by atoms with E-state index in [4.69, 9.17) is 0 Å². The van der Waals surface area contributed by atoms with Crippen LogP contribution in [-0.4, -0.2) is 7.05 Å². The summed E-state index contributed by atoms with van der Waals surface area (Å²) in [5.74, 6) is -0.218. The minimum Gasteiger partial charge on any atom is -0.309 e. The Bertz CT molecular complexity index is 520. The highest BCUT2D eigenvalue weighted by Crippen LogP contribution is 2.28. The van der Waals surface area contributed by atoms with Gasteiger partial charge in [-0.3, -0.25) is 0 Å². The Kier molecular flexibility index (Phi) is 4.54. The summed E-state index contributed by atoms with van der Waals surface area (Å²) in [4.78, 5) is 0. The molecule has 0 amide bonds. The first-order valence-corrected chi connectivity index (χ1v) is 7.07.